The Morgan fingerprint density at radius 1 is 1.09 bits per heavy atom. The van der Waals surface area contributed by atoms with E-state index < -0.39 is 11.5 Å². The van der Waals surface area contributed by atoms with Gasteiger partial charge in [0.15, 0.2) is 0 Å². The summed E-state index contributed by atoms with van der Waals surface area (Å²) in [4.78, 5) is 31.1. The van der Waals surface area contributed by atoms with Crippen LogP contribution in [-0.2, 0) is 11.2 Å². The molecule has 7 heteroatoms. The van der Waals surface area contributed by atoms with Gasteiger partial charge in [-0.05, 0) is 55.3 Å². The van der Waals surface area contributed by atoms with Crippen LogP contribution in [0.3, 0.4) is 0 Å². The fraction of sp³-hybridized carbons (Fsp3) is 0.519. The molecule has 2 aliphatic rings. The number of fused-ring (bicyclic) bond motifs is 1. The van der Waals surface area contributed by atoms with Crippen molar-refractivity contribution in [3.8, 4) is 0 Å². The summed E-state index contributed by atoms with van der Waals surface area (Å²) in [6.45, 7) is 0. The van der Waals surface area contributed by atoms with Crippen molar-refractivity contribution in [1.29, 1.82) is 0 Å². The Bertz CT molecular complexity index is 1160. The highest BCUT2D eigenvalue weighted by Crippen LogP contribution is 2.35. The van der Waals surface area contributed by atoms with Crippen LogP contribution < -0.4 is 5.32 Å². The van der Waals surface area contributed by atoms with Gasteiger partial charge < -0.3 is 15.0 Å². The number of carbonyl (C=O) groups excluding carboxylic acids is 1. The fourth-order valence-corrected chi connectivity index (χ4v) is 6.61. The van der Waals surface area contributed by atoms with Crippen molar-refractivity contribution in [3.05, 3.63) is 52.0 Å². The quantitative estimate of drug-likeness (QED) is 0.429. The molecule has 5 rings (SSSR count). The maximum Gasteiger partial charge on any atom is 0.305 e. The van der Waals surface area contributed by atoms with Crippen LogP contribution in [0.15, 0.2) is 35.7 Å². The maximum absolute atomic E-state index is 13.3. The number of rotatable bonds is 7. The van der Waals surface area contributed by atoms with E-state index in [1.54, 1.807) is 11.3 Å². The smallest absolute Gasteiger partial charge is 0.305 e. The van der Waals surface area contributed by atoms with Gasteiger partial charge >= 0.3 is 5.97 Å². The van der Waals surface area contributed by atoms with Gasteiger partial charge in [-0.2, -0.15) is 0 Å². The van der Waals surface area contributed by atoms with Gasteiger partial charge in [0.25, 0.3) is 5.91 Å². The molecule has 0 aliphatic heterocycles. The molecule has 2 saturated carbocycles. The van der Waals surface area contributed by atoms with E-state index in [9.17, 15) is 14.7 Å². The molecular weight excluding hydrogens is 446 g/mol. The van der Waals surface area contributed by atoms with Gasteiger partial charge in [0.1, 0.15) is 5.82 Å². The normalized spacial score (nSPS) is 18.7. The Hall–Kier alpha value is -2.67. The minimum atomic E-state index is -0.859. The zero-order valence-electron chi connectivity index (χ0n) is 19.6. The van der Waals surface area contributed by atoms with E-state index >= 15 is 0 Å². The number of hydrogen-bond donors (Lipinski definition) is 2. The predicted octanol–water partition coefficient (Wildman–Crippen LogP) is 6.10. The molecule has 0 radical (unpaired) electrons. The zero-order valence-corrected chi connectivity index (χ0v) is 20.4. The van der Waals surface area contributed by atoms with Gasteiger partial charge in [-0.1, -0.05) is 44.6 Å². The molecule has 2 aliphatic carbocycles. The molecule has 0 spiro atoms. The van der Waals surface area contributed by atoms with Crippen molar-refractivity contribution in [2.24, 2.45) is 0 Å². The largest absolute Gasteiger partial charge is 0.481 e. The predicted molar refractivity (Wildman–Crippen MR) is 135 cm³/mol. The van der Waals surface area contributed by atoms with Crippen LogP contribution in [0.4, 0.5) is 0 Å². The number of imidazole rings is 1. The standard InChI is InChI=1S/C27H33N3O3S/c31-25(32)18-27(13-5-2-6-14-27)29-26(33)19-11-12-23-22(16-19)28-24(17-21-10-7-15-34-21)30(23)20-8-3-1-4-9-20/h7,10-12,15-16,20H,1-6,8-9,13-14,17-18H2,(H,29,33)(H,31,32). The van der Waals surface area contributed by atoms with Crippen LogP contribution in [-0.4, -0.2) is 32.1 Å². The summed E-state index contributed by atoms with van der Waals surface area (Å²) in [5, 5.41) is 14.7. The number of aromatic nitrogens is 2. The molecule has 0 bridgehead atoms. The van der Waals surface area contributed by atoms with Gasteiger partial charge in [0.2, 0.25) is 0 Å². The lowest BCUT2D eigenvalue weighted by Gasteiger charge is -2.37. The molecule has 0 saturated heterocycles. The van der Waals surface area contributed by atoms with E-state index in [0.29, 0.717) is 24.4 Å². The van der Waals surface area contributed by atoms with Gasteiger partial charge in [0.05, 0.1) is 23.0 Å². The van der Waals surface area contributed by atoms with Crippen LogP contribution in [0.2, 0.25) is 0 Å². The second-order valence-electron chi connectivity index (χ2n) is 10.0. The fourth-order valence-electron chi connectivity index (χ4n) is 5.91. The van der Waals surface area contributed by atoms with Crippen molar-refractivity contribution in [1.82, 2.24) is 14.9 Å². The number of thiophene rings is 1. The lowest BCUT2D eigenvalue weighted by molar-refractivity contribution is -0.139. The van der Waals surface area contributed by atoms with Crippen LogP contribution in [0.5, 0.6) is 0 Å². The van der Waals surface area contributed by atoms with Crippen molar-refractivity contribution in [3.63, 3.8) is 0 Å². The highest BCUT2D eigenvalue weighted by molar-refractivity contribution is 7.09. The van der Waals surface area contributed by atoms with Crippen molar-refractivity contribution >= 4 is 34.2 Å². The molecule has 2 N–H and O–H groups in total. The Morgan fingerprint density at radius 2 is 1.85 bits per heavy atom. The summed E-state index contributed by atoms with van der Waals surface area (Å²) in [6, 6.07) is 10.5. The molecule has 180 valence electrons. The number of nitrogens with zero attached hydrogens (tertiary/aromatic N) is 2. The van der Waals surface area contributed by atoms with E-state index in [0.717, 1.165) is 42.5 Å². The molecule has 3 aromatic rings. The molecule has 2 heterocycles. The minimum Gasteiger partial charge on any atom is -0.481 e. The first-order chi connectivity index (χ1) is 16.5. The Kier molecular flexibility index (Phi) is 6.73. The Balaban J connectivity index is 1.46. The summed E-state index contributed by atoms with van der Waals surface area (Å²) in [5.74, 6) is 0.00991. The van der Waals surface area contributed by atoms with E-state index in [4.69, 9.17) is 4.98 Å². The van der Waals surface area contributed by atoms with Crippen molar-refractivity contribution in [2.75, 3.05) is 0 Å². The van der Waals surface area contributed by atoms with E-state index in [1.807, 2.05) is 18.2 Å². The molecule has 2 fully saturated rings. The lowest BCUT2D eigenvalue weighted by Crippen LogP contribution is -2.51. The molecule has 2 aromatic heterocycles. The first-order valence-electron chi connectivity index (χ1n) is 12.6. The van der Waals surface area contributed by atoms with Crippen LogP contribution >= 0.6 is 11.3 Å². The monoisotopic (exact) mass is 479 g/mol. The summed E-state index contributed by atoms with van der Waals surface area (Å²) in [7, 11) is 0. The second-order valence-corrected chi connectivity index (χ2v) is 11.0. The number of hydrogen-bond acceptors (Lipinski definition) is 4. The average Bonchev–Trinajstić information content (AvgIpc) is 3.46. The van der Waals surface area contributed by atoms with Gasteiger partial charge in [0, 0.05) is 22.9 Å². The zero-order chi connectivity index (χ0) is 23.5. The average molecular weight is 480 g/mol. The molecule has 0 unspecified atom stereocenters. The van der Waals surface area contributed by atoms with E-state index in [1.165, 1.54) is 37.0 Å². The minimum absolute atomic E-state index is 0.0255. The first kappa shape index (κ1) is 23.1. The number of carbonyl (C=O) groups is 2. The van der Waals surface area contributed by atoms with Crippen LogP contribution in [0, 0.1) is 0 Å². The third-order valence-electron chi connectivity index (χ3n) is 7.56. The third-order valence-corrected chi connectivity index (χ3v) is 8.43. The lowest BCUT2D eigenvalue weighted by atomic mass is 9.79. The summed E-state index contributed by atoms with van der Waals surface area (Å²) < 4.78 is 2.42. The highest BCUT2D eigenvalue weighted by Gasteiger charge is 2.36. The molecular formula is C27H33N3O3S. The third kappa shape index (κ3) is 4.90. The molecule has 1 amide bonds. The summed E-state index contributed by atoms with van der Waals surface area (Å²) in [5.41, 5.74) is 1.84. The second kappa shape index (κ2) is 9.90. The highest BCUT2D eigenvalue weighted by atomic mass is 32.1. The van der Waals surface area contributed by atoms with Crippen LogP contribution in [0.25, 0.3) is 11.0 Å². The van der Waals surface area contributed by atoms with E-state index in [2.05, 4.69) is 27.4 Å². The summed E-state index contributed by atoms with van der Waals surface area (Å²) in [6.07, 6.45) is 11.3. The van der Waals surface area contributed by atoms with Crippen LogP contribution in [0.1, 0.15) is 97.7 Å². The SMILES string of the molecule is O=C(O)CC1(NC(=O)c2ccc3c(c2)nc(Cc2cccs2)n3C2CCCCC2)CCCCC1. The summed E-state index contributed by atoms with van der Waals surface area (Å²) >= 11 is 1.75. The number of benzene rings is 1. The Morgan fingerprint density at radius 3 is 2.56 bits per heavy atom. The Labute approximate surface area is 204 Å². The van der Waals surface area contributed by atoms with Crippen molar-refractivity contribution in [2.45, 2.75) is 88.6 Å². The number of aliphatic carboxylic acids is 1. The molecule has 1 aromatic carbocycles. The maximum atomic E-state index is 13.3. The van der Waals surface area contributed by atoms with E-state index in [-0.39, 0.29) is 12.3 Å². The van der Waals surface area contributed by atoms with Crippen molar-refractivity contribution < 1.29 is 14.7 Å². The molecule has 0 atom stereocenters. The number of carboxylic acid groups (broad SMARTS) is 1. The van der Waals surface area contributed by atoms with Gasteiger partial charge in [-0.15, -0.1) is 11.3 Å². The number of carboxylic acids is 1. The van der Waals surface area contributed by atoms with Gasteiger partial charge in [-0.25, -0.2) is 4.98 Å². The van der Waals surface area contributed by atoms with Gasteiger partial charge in [-0.3, -0.25) is 9.59 Å². The molecule has 34 heavy (non-hydrogen) atoms. The topological polar surface area (TPSA) is 84.2 Å². The molecule has 6 nitrogen and oxygen atoms in total. The number of amides is 1. The number of nitrogens with one attached hydrogen (secondary N) is 1. The first-order valence-corrected chi connectivity index (χ1v) is 13.5.